The number of rotatable bonds is 5. The summed E-state index contributed by atoms with van der Waals surface area (Å²) in [5.41, 5.74) is 1.97. The number of halogens is 1. The minimum absolute atomic E-state index is 0.105. The smallest absolute Gasteiger partial charge is 0.379 e. The van der Waals surface area contributed by atoms with Crippen LogP contribution in [0.15, 0.2) is 69.8 Å². The number of nitriles is 1. The molecule has 0 aliphatic carbocycles. The average molecular weight is 424 g/mol. The summed E-state index contributed by atoms with van der Waals surface area (Å²) in [5.74, 6) is 0.519. The monoisotopic (exact) mass is 423 g/mol. The molecule has 0 atom stereocenters. The van der Waals surface area contributed by atoms with E-state index in [4.69, 9.17) is 13.9 Å². The molecule has 0 aliphatic rings. The second kappa shape index (κ2) is 8.39. The van der Waals surface area contributed by atoms with Crippen LogP contribution in [0.4, 0.5) is 0 Å². The molecule has 0 N–H and O–H groups in total. The SMILES string of the molecule is COc1ccccc1/C(C#N)=C\c1ccc(OC(=O)c2ccc(Br)o2)cc1. The van der Waals surface area contributed by atoms with Crippen LogP contribution >= 0.6 is 15.9 Å². The van der Waals surface area contributed by atoms with Crippen LogP contribution in [0, 0.1) is 11.3 Å². The minimum Gasteiger partial charge on any atom is -0.496 e. The van der Waals surface area contributed by atoms with Crippen LogP contribution in [0.2, 0.25) is 0 Å². The standard InChI is InChI=1S/C21H14BrNO4/c1-25-18-5-3-2-4-17(18)15(13-23)12-14-6-8-16(9-7-14)26-21(24)19-10-11-20(22)27-19/h2-12H,1H3/b15-12-. The number of methoxy groups -OCH3 is 1. The van der Waals surface area contributed by atoms with Crippen LogP contribution < -0.4 is 9.47 Å². The van der Waals surface area contributed by atoms with Gasteiger partial charge < -0.3 is 13.9 Å². The molecule has 0 radical (unpaired) electrons. The average Bonchev–Trinajstić information content (AvgIpc) is 3.14. The third kappa shape index (κ3) is 4.46. The highest BCUT2D eigenvalue weighted by atomic mass is 79.9. The number of carbonyl (C=O) groups excluding carboxylic acids is 1. The van der Waals surface area contributed by atoms with Crippen molar-refractivity contribution in [3.8, 4) is 17.6 Å². The van der Waals surface area contributed by atoms with E-state index in [9.17, 15) is 10.1 Å². The van der Waals surface area contributed by atoms with Gasteiger partial charge in [0.15, 0.2) is 4.67 Å². The van der Waals surface area contributed by atoms with E-state index in [0.717, 1.165) is 5.56 Å². The maximum absolute atomic E-state index is 12.0. The Morgan fingerprint density at radius 2 is 1.85 bits per heavy atom. The Morgan fingerprint density at radius 1 is 1.11 bits per heavy atom. The lowest BCUT2D eigenvalue weighted by Gasteiger charge is -2.07. The Hall–Kier alpha value is -3.30. The quantitative estimate of drug-likeness (QED) is 0.240. The van der Waals surface area contributed by atoms with E-state index < -0.39 is 5.97 Å². The number of esters is 1. The Kier molecular flexibility index (Phi) is 5.74. The number of furan rings is 1. The van der Waals surface area contributed by atoms with Gasteiger partial charge in [-0.3, -0.25) is 0 Å². The van der Waals surface area contributed by atoms with Gasteiger partial charge in [-0.15, -0.1) is 0 Å². The molecule has 1 heterocycles. The van der Waals surface area contributed by atoms with Gasteiger partial charge in [0.05, 0.1) is 18.8 Å². The van der Waals surface area contributed by atoms with E-state index in [0.29, 0.717) is 27.3 Å². The zero-order chi connectivity index (χ0) is 19.2. The van der Waals surface area contributed by atoms with Crippen molar-refractivity contribution in [2.45, 2.75) is 0 Å². The van der Waals surface area contributed by atoms with Gasteiger partial charge in [-0.05, 0) is 64.0 Å². The molecule has 2 aromatic carbocycles. The molecule has 0 bridgehead atoms. The fraction of sp³-hybridized carbons (Fsp3) is 0.0476. The third-order valence-electron chi connectivity index (χ3n) is 3.69. The van der Waals surface area contributed by atoms with E-state index in [2.05, 4.69) is 22.0 Å². The van der Waals surface area contributed by atoms with Gasteiger partial charge in [-0.1, -0.05) is 24.3 Å². The van der Waals surface area contributed by atoms with Crippen LogP contribution in [-0.2, 0) is 0 Å². The van der Waals surface area contributed by atoms with Crippen molar-refractivity contribution in [1.29, 1.82) is 5.26 Å². The summed E-state index contributed by atoms with van der Waals surface area (Å²) in [5, 5.41) is 9.50. The molecule has 0 fully saturated rings. The summed E-state index contributed by atoms with van der Waals surface area (Å²) in [6.07, 6.45) is 1.74. The number of hydrogen-bond acceptors (Lipinski definition) is 5. The van der Waals surface area contributed by atoms with Crippen molar-refractivity contribution in [2.24, 2.45) is 0 Å². The first-order valence-corrected chi connectivity index (χ1v) is 8.73. The molecule has 3 rings (SSSR count). The van der Waals surface area contributed by atoms with Gasteiger partial charge >= 0.3 is 5.97 Å². The van der Waals surface area contributed by atoms with E-state index in [1.165, 1.54) is 6.07 Å². The van der Waals surface area contributed by atoms with Gasteiger partial charge in [0.1, 0.15) is 11.5 Å². The summed E-state index contributed by atoms with van der Waals surface area (Å²) >= 11 is 3.14. The second-order valence-electron chi connectivity index (χ2n) is 5.43. The fourth-order valence-electron chi connectivity index (χ4n) is 2.42. The van der Waals surface area contributed by atoms with Crippen molar-refractivity contribution in [1.82, 2.24) is 0 Å². The largest absolute Gasteiger partial charge is 0.496 e. The molecule has 27 heavy (non-hydrogen) atoms. The van der Waals surface area contributed by atoms with Crippen molar-refractivity contribution in [3.63, 3.8) is 0 Å². The van der Waals surface area contributed by atoms with E-state index >= 15 is 0 Å². The van der Waals surface area contributed by atoms with Crippen LogP contribution in [0.1, 0.15) is 21.7 Å². The number of benzene rings is 2. The molecule has 0 saturated heterocycles. The van der Waals surface area contributed by atoms with Crippen LogP contribution in [0.5, 0.6) is 11.5 Å². The molecular weight excluding hydrogens is 410 g/mol. The molecule has 6 heteroatoms. The first-order chi connectivity index (χ1) is 13.1. The number of hydrogen-bond donors (Lipinski definition) is 0. The molecule has 3 aromatic rings. The number of carbonyl (C=O) groups is 1. The highest BCUT2D eigenvalue weighted by Gasteiger charge is 2.13. The molecule has 0 unspecified atom stereocenters. The topological polar surface area (TPSA) is 72.5 Å². The van der Waals surface area contributed by atoms with E-state index in [-0.39, 0.29) is 5.76 Å². The first-order valence-electron chi connectivity index (χ1n) is 7.93. The number of allylic oxidation sites excluding steroid dienone is 1. The first kappa shape index (κ1) is 18.5. The Bertz CT molecular complexity index is 1030. The second-order valence-corrected chi connectivity index (χ2v) is 6.21. The predicted molar refractivity (Wildman–Crippen MR) is 104 cm³/mol. The summed E-state index contributed by atoms with van der Waals surface area (Å²) in [6, 6.07) is 19.5. The van der Waals surface area contributed by atoms with Crippen LogP contribution in [0.3, 0.4) is 0 Å². The van der Waals surface area contributed by atoms with E-state index in [1.807, 2.05) is 18.2 Å². The van der Waals surface area contributed by atoms with Crippen molar-refractivity contribution in [3.05, 3.63) is 82.2 Å². The zero-order valence-corrected chi connectivity index (χ0v) is 15.9. The number of ether oxygens (including phenoxy) is 2. The Labute approximate surface area is 164 Å². The zero-order valence-electron chi connectivity index (χ0n) is 14.3. The van der Waals surface area contributed by atoms with Gasteiger partial charge in [0.25, 0.3) is 0 Å². The van der Waals surface area contributed by atoms with Gasteiger partial charge in [-0.2, -0.15) is 5.26 Å². The third-order valence-corrected chi connectivity index (χ3v) is 4.12. The lowest BCUT2D eigenvalue weighted by molar-refractivity contribution is 0.0700. The summed E-state index contributed by atoms with van der Waals surface area (Å²) < 4.78 is 16.2. The molecule has 1 aromatic heterocycles. The van der Waals surface area contributed by atoms with Crippen molar-refractivity contribution < 1.29 is 18.7 Å². The Morgan fingerprint density at radius 3 is 2.48 bits per heavy atom. The van der Waals surface area contributed by atoms with Gasteiger partial charge in [0, 0.05) is 5.56 Å². The molecular formula is C21H14BrNO4. The number of para-hydroxylation sites is 1. The highest BCUT2D eigenvalue weighted by Crippen LogP contribution is 2.27. The van der Waals surface area contributed by atoms with Crippen molar-refractivity contribution >= 4 is 33.5 Å². The van der Waals surface area contributed by atoms with Gasteiger partial charge in [-0.25, -0.2) is 4.79 Å². The summed E-state index contributed by atoms with van der Waals surface area (Å²) in [7, 11) is 1.56. The maximum Gasteiger partial charge on any atom is 0.379 e. The van der Waals surface area contributed by atoms with Crippen LogP contribution in [-0.4, -0.2) is 13.1 Å². The Balaban J connectivity index is 1.79. The van der Waals surface area contributed by atoms with Crippen molar-refractivity contribution in [2.75, 3.05) is 7.11 Å². The summed E-state index contributed by atoms with van der Waals surface area (Å²) in [6.45, 7) is 0. The molecule has 0 amide bonds. The van der Waals surface area contributed by atoms with Gasteiger partial charge in [0.2, 0.25) is 5.76 Å². The lowest BCUT2D eigenvalue weighted by Crippen LogP contribution is -2.06. The molecule has 5 nitrogen and oxygen atoms in total. The minimum atomic E-state index is -0.587. The highest BCUT2D eigenvalue weighted by molar-refractivity contribution is 9.10. The fourth-order valence-corrected chi connectivity index (χ4v) is 2.72. The normalized spacial score (nSPS) is 10.9. The summed E-state index contributed by atoms with van der Waals surface area (Å²) in [4.78, 5) is 12.0. The molecule has 0 saturated carbocycles. The number of nitrogens with zero attached hydrogens (tertiary/aromatic N) is 1. The maximum atomic E-state index is 12.0. The lowest BCUT2D eigenvalue weighted by atomic mass is 10.0. The van der Waals surface area contributed by atoms with E-state index in [1.54, 1.807) is 49.6 Å². The molecule has 0 aliphatic heterocycles. The molecule has 134 valence electrons. The molecule has 0 spiro atoms. The van der Waals surface area contributed by atoms with Crippen LogP contribution in [0.25, 0.3) is 11.6 Å². The predicted octanol–water partition coefficient (Wildman–Crippen LogP) is 5.33.